The van der Waals surface area contributed by atoms with Crippen LogP contribution in [0.3, 0.4) is 0 Å². The first-order valence-corrected chi connectivity index (χ1v) is 13.3. The van der Waals surface area contributed by atoms with Gasteiger partial charge in [0.05, 0.1) is 17.8 Å². The smallest absolute Gasteiger partial charge is 0.0811 e. The maximum absolute atomic E-state index is 10.2. The van der Waals surface area contributed by atoms with E-state index in [1.54, 1.807) is 5.57 Å². The van der Waals surface area contributed by atoms with Crippen LogP contribution in [-0.2, 0) is 4.74 Å². The largest absolute Gasteiger partial charge is 0.393 e. The highest BCUT2D eigenvalue weighted by Gasteiger charge is 2.50. The van der Waals surface area contributed by atoms with Gasteiger partial charge in [0.15, 0.2) is 0 Å². The van der Waals surface area contributed by atoms with E-state index < -0.39 is 17.8 Å². The second-order valence-corrected chi connectivity index (χ2v) is 12.0. The fraction of sp³-hybridized carbons (Fsp3) is 0.793. The van der Waals surface area contributed by atoms with Crippen molar-refractivity contribution in [1.29, 1.82) is 0 Å². The first kappa shape index (κ1) is 26.7. The lowest BCUT2D eigenvalue weighted by Gasteiger charge is -2.44. The van der Waals surface area contributed by atoms with Gasteiger partial charge in [-0.25, -0.2) is 0 Å². The molecule has 0 amide bonds. The Bertz CT molecular complexity index is 730. The number of fused-ring (bicyclic) bond motifs is 1. The van der Waals surface area contributed by atoms with Crippen LogP contribution in [0.15, 0.2) is 35.5 Å². The predicted octanol–water partition coefficient (Wildman–Crippen LogP) is 5.72. The van der Waals surface area contributed by atoms with Crippen LogP contribution < -0.4 is 0 Å². The minimum Gasteiger partial charge on any atom is -0.393 e. The normalized spacial score (nSPS) is 36.4. The molecule has 0 radical (unpaired) electrons. The molecule has 33 heavy (non-hydrogen) atoms. The summed E-state index contributed by atoms with van der Waals surface area (Å²) in [4.78, 5) is 0. The number of unbranched alkanes of at least 4 members (excludes halogenated alkanes) is 1. The number of allylic oxidation sites excluding steroid dienone is 3. The van der Waals surface area contributed by atoms with Crippen LogP contribution in [-0.4, -0.2) is 46.3 Å². The molecule has 6 atom stereocenters. The Labute approximate surface area is 201 Å². The average Bonchev–Trinajstić information content (AvgIpc) is 3.08. The minimum absolute atomic E-state index is 0.328. The first-order chi connectivity index (χ1) is 15.5. The summed E-state index contributed by atoms with van der Waals surface area (Å²) in [7, 11) is 0. The molecule has 0 heterocycles. The molecule has 0 bridgehead atoms. The molecule has 0 aromatic rings. The number of aliphatic hydroxyl groups excluding tert-OH is 2. The van der Waals surface area contributed by atoms with Crippen molar-refractivity contribution in [2.75, 3.05) is 13.2 Å². The van der Waals surface area contributed by atoms with E-state index in [0.29, 0.717) is 36.0 Å². The van der Waals surface area contributed by atoms with Crippen molar-refractivity contribution in [1.82, 2.24) is 0 Å². The summed E-state index contributed by atoms with van der Waals surface area (Å²) in [6.45, 7) is 14.3. The molecule has 0 aromatic heterocycles. The van der Waals surface area contributed by atoms with E-state index in [1.165, 1.54) is 25.7 Å². The van der Waals surface area contributed by atoms with Crippen LogP contribution in [0, 0.1) is 23.2 Å². The second kappa shape index (κ2) is 11.2. The van der Waals surface area contributed by atoms with Gasteiger partial charge in [0.1, 0.15) is 0 Å². The van der Waals surface area contributed by atoms with Crippen LogP contribution in [0.2, 0.25) is 0 Å². The molecule has 2 unspecified atom stereocenters. The van der Waals surface area contributed by atoms with Crippen molar-refractivity contribution in [3.63, 3.8) is 0 Å². The molecule has 4 nitrogen and oxygen atoms in total. The zero-order valence-corrected chi connectivity index (χ0v) is 21.5. The molecule has 0 aromatic carbocycles. The maximum atomic E-state index is 10.2. The number of ether oxygens (including phenoxy) is 1. The number of rotatable bonds is 9. The quantitative estimate of drug-likeness (QED) is 0.385. The van der Waals surface area contributed by atoms with Crippen LogP contribution in [0.5, 0.6) is 0 Å². The van der Waals surface area contributed by atoms with E-state index in [4.69, 9.17) is 4.74 Å². The minimum atomic E-state index is -0.623. The molecule has 3 fully saturated rings. The van der Waals surface area contributed by atoms with E-state index in [2.05, 4.69) is 32.6 Å². The van der Waals surface area contributed by atoms with Gasteiger partial charge < -0.3 is 20.1 Å². The lowest BCUT2D eigenvalue weighted by molar-refractivity contribution is 0.0291. The molecule has 0 aliphatic heterocycles. The lowest BCUT2D eigenvalue weighted by Crippen LogP contribution is -2.37. The summed E-state index contributed by atoms with van der Waals surface area (Å²) < 4.78 is 6.07. The molecule has 3 aliphatic carbocycles. The molecule has 0 saturated heterocycles. The zero-order chi connectivity index (χ0) is 24.2. The maximum Gasteiger partial charge on any atom is 0.0811 e. The average molecular weight is 461 g/mol. The third-order valence-electron chi connectivity index (χ3n) is 8.70. The summed E-state index contributed by atoms with van der Waals surface area (Å²) in [5.74, 6) is 1.85. The standard InChI is InChI=1S/C29H48O4/c1-20(19-33-16-7-6-14-28(3,4)32)25-12-13-26-22(9-8-15-29(25,26)5)10-11-23-17-24(30)18-27(31)21(23)2/h10-11,20,24-27,30-32H,2,6-9,12-19H2,1,3-5H3/b22-10+,23-11-/t20-,24+,25?,26?,27-,29+/m0/s1. The molecular weight excluding hydrogens is 412 g/mol. The van der Waals surface area contributed by atoms with E-state index >= 15 is 0 Å². The second-order valence-electron chi connectivity index (χ2n) is 12.0. The predicted molar refractivity (Wildman–Crippen MR) is 135 cm³/mol. The van der Waals surface area contributed by atoms with E-state index in [1.807, 2.05) is 13.8 Å². The fourth-order valence-electron chi connectivity index (χ4n) is 6.83. The fourth-order valence-corrected chi connectivity index (χ4v) is 6.83. The van der Waals surface area contributed by atoms with E-state index in [0.717, 1.165) is 50.0 Å². The van der Waals surface area contributed by atoms with Crippen LogP contribution >= 0.6 is 0 Å². The lowest BCUT2D eigenvalue weighted by atomic mass is 9.61. The van der Waals surface area contributed by atoms with Gasteiger partial charge in [-0.05, 0) is 106 Å². The summed E-state index contributed by atoms with van der Waals surface area (Å²) in [5.41, 5.74) is 3.07. The van der Waals surface area contributed by atoms with Gasteiger partial charge in [-0.15, -0.1) is 0 Å². The summed E-state index contributed by atoms with van der Waals surface area (Å²) >= 11 is 0. The number of hydrogen-bond acceptors (Lipinski definition) is 4. The molecule has 4 heteroatoms. The zero-order valence-electron chi connectivity index (χ0n) is 21.5. The Morgan fingerprint density at radius 1 is 1.21 bits per heavy atom. The van der Waals surface area contributed by atoms with E-state index in [9.17, 15) is 15.3 Å². The van der Waals surface area contributed by atoms with Crippen molar-refractivity contribution in [2.45, 2.75) is 110 Å². The van der Waals surface area contributed by atoms with Crippen LogP contribution in [0.25, 0.3) is 0 Å². The topological polar surface area (TPSA) is 69.9 Å². The molecule has 188 valence electrons. The number of aliphatic hydroxyl groups is 3. The van der Waals surface area contributed by atoms with Gasteiger partial charge in [-0.3, -0.25) is 0 Å². The van der Waals surface area contributed by atoms with Crippen molar-refractivity contribution < 1.29 is 20.1 Å². The highest BCUT2D eigenvalue weighted by Crippen LogP contribution is 2.59. The molecular formula is C29H48O4. The van der Waals surface area contributed by atoms with Crippen LogP contribution in [0.4, 0.5) is 0 Å². The van der Waals surface area contributed by atoms with Gasteiger partial charge in [-0.1, -0.05) is 38.2 Å². The Kier molecular flexibility index (Phi) is 9.05. The van der Waals surface area contributed by atoms with Crippen molar-refractivity contribution in [2.24, 2.45) is 23.2 Å². The van der Waals surface area contributed by atoms with Gasteiger partial charge in [-0.2, -0.15) is 0 Å². The third-order valence-corrected chi connectivity index (χ3v) is 8.70. The summed E-state index contributed by atoms with van der Waals surface area (Å²) in [6.07, 6.45) is 13.3. The van der Waals surface area contributed by atoms with Gasteiger partial charge >= 0.3 is 0 Å². The highest BCUT2D eigenvalue weighted by atomic mass is 16.5. The Morgan fingerprint density at radius 3 is 2.70 bits per heavy atom. The van der Waals surface area contributed by atoms with Crippen molar-refractivity contribution in [3.05, 3.63) is 35.5 Å². The molecule has 3 rings (SSSR count). The molecule has 3 saturated carbocycles. The van der Waals surface area contributed by atoms with Gasteiger partial charge in [0.2, 0.25) is 0 Å². The Balaban J connectivity index is 1.57. The number of hydrogen-bond donors (Lipinski definition) is 3. The Hall–Kier alpha value is -0.940. The van der Waals surface area contributed by atoms with E-state index in [-0.39, 0.29) is 0 Å². The first-order valence-electron chi connectivity index (χ1n) is 13.3. The van der Waals surface area contributed by atoms with Crippen LogP contribution in [0.1, 0.15) is 91.9 Å². The highest BCUT2D eigenvalue weighted by molar-refractivity contribution is 5.38. The molecule has 0 spiro atoms. The SMILES string of the molecule is C=C1/C(=C\C=C2/CCC[C@@]3(C)C2CCC3[C@@H](C)COCCCCC(C)(C)O)C[C@@H](O)C[C@@H]1O. The summed E-state index contributed by atoms with van der Waals surface area (Å²) in [6, 6.07) is 0. The molecule has 3 N–H and O–H groups in total. The van der Waals surface area contributed by atoms with Crippen molar-refractivity contribution in [3.8, 4) is 0 Å². The molecule has 3 aliphatic rings. The Morgan fingerprint density at radius 2 is 1.97 bits per heavy atom. The van der Waals surface area contributed by atoms with Gasteiger partial charge in [0.25, 0.3) is 0 Å². The van der Waals surface area contributed by atoms with Crippen molar-refractivity contribution >= 4 is 0 Å². The summed E-state index contributed by atoms with van der Waals surface area (Å²) in [5, 5.41) is 30.1. The van der Waals surface area contributed by atoms with Gasteiger partial charge in [0, 0.05) is 19.6 Å². The third kappa shape index (κ3) is 6.81. The monoisotopic (exact) mass is 460 g/mol.